The summed E-state index contributed by atoms with van der Waals surface area (Å²) in [6, 6.07) is 8.23. The molecule has 82 valence electrons. The molecule has 3 heteroatoms. The lowest BCUT2D eigenvalue weighted by Crippen LogP contribution is -2.28. The number of carbonyl (C=O) groups excluding carboxylic acids is 1. The molecule has 1 heterocycles. The first-order valence-corrected chi connectivity index (χ1v) is 5.60. The first kappa shape index (κ1) is 9.46. The number of aromatic amines is 1. The molecule has 0 bridgehead atoms. The van der Waals surface area contributed by atoms with Gasteiger partial charge in [0.15, 0.2) is 0 Å². The summed E-state index contributed by atoms with van der Waals surface area (Å²) in [5.74, 6) is 0.132. The average Bonchev–Trinajstić information content (AvgIpc) is 3.04. The van der Waals surface area contributed by atoms with E-state index in [0.29, 0.717) is 6.04 Å². The molecule has 1 aromatic carbocycles. The predicted octanol–water partition coefficient (Wildman–Crippen LogP) is 2.40. The fourth-order valence-corrected chi connectivity index (χ4v) is 2.09. The van der Waals surface area contributed by atoms with E-state index in [1.165, 1.54) is 0 Å². The number of benzene rings is 1. The number of H-pyrrole nitrogens is 1. The highest BCUT2D eigenvalue weighted by molar-refractivity contribution is 6.06. The molecular weight excluding hydrogens is 200 g/mol. The molecule has 1 saturated carbocycles. The van der Waals surface area contributed by atoms with E-state index in [1.807, 2.05) is 42.4 Å². The highest BCUT2D eigenvalue weighted by Gasteiger charge is 2.30. The van der Waals surface area contributed by atoms with Gasteiger partial charge in [-0.3, -0.25) is 4.79 Å². The number of nitrogens with one attached hydrogen (secondary N) is 1. The van der Waals surface area contributed by atoms with Gasteiger partial charge < -0.3 is 9.88 Å². The minimum absolute atomic E-state index is 0.132. The maximum absolute atomic E-state index is 12.3. The fourth-order valence-electron chi connectivity index (χ4n) is 2.09. The van der Waals surface area contributed by atoms with Crippen molar-refractivity contribution in [1.82, 2.24) is 9.88 Å². The Kier molecular flexibility index (Phi) is 1.99. The van der Waals surface area contributed by atoms with Crippen LogP contribution in [0.25, 0.3) is 10.9 Å². The number of aromatic nitrogens is 1. The van der Waals surface area contributed by atoms with E-state index < -0.39 is 0 Å². The summed E-state index contributed by atoms with van der Waals surface area (Å²) in [5.41, 5.74) is 1.82. The van der Waals surface area contributed by atoms with Crippen LogP contribution < -0.4 is 0 Å². The van der Waals surface area contributed by atoms with Gasteiger partial charge in [-0.25, -0.2) is 0 Å². The van der Waals surface area contributed by atoms with Gasteiger partial charge in [-0.05, 0) is 31.0 Å². The molecule has 0 unspecified atom stereocenters. The van der Waals surface area contributed by atoms with Crippen molar-refractivity contribution < 1.29 is 4.79 Å². The lowest BCUT2D eigenvalue weighted by atomic mass is 10.1. The van der Waals surface area contributed by atoms with Gasteiger partial charge in [0, 0.05) is 35.8 Å². The van der Waals surface area contributed by atoms with Crippen LogP contribution in [0.1, 0.15) is 23.2 Å². The van der Waals surface area contributed by atoms with Gasteiger partial charge in [0.25, 0.3) is 5.91 Å². The highest BCUT2D eigenvalue weighted by Crippen LogP contribution is 2.28. The SMILES string of the molecule is CN(C(=O)c1cccc2[nH]ccc12)C1CC1. The Balaban J connectivity index is 2.04. The summed E-state index contributed by atoms with van der Waals surface area (Å²) >= 11 is 0. The van der Waals surface area contributed by atoms with Gasteiger partial charge >= 0.3 is 0 Å². The summed E-state index contributed by atoms with van der Waals surface area (Å²) in [5, 5.41) is 1.01. The fraction of sp³-hybridized carbons (Fsp3) is 0.308. The van der Waals surface area contributed by atoms with Gasteiger partial charge in [-0.1, -0.05) is 6.07 Å². The summed E-state index contributed by atoms with van der Waals surface area (Å²) in [6.07, 6.45) is 4.16. The first-order valence-electron chi connectivity index (χ1n) is 5.60. The van der Waals surface area contributed by atoms with Crippen LogP contribution in [0.3, 0.4) is 0 Å². The van der Waals surface area contributed by atoms with Crippen molar-refractivity contribution in [2.75, 3.05) is 7.05 Å². The van der Waals surface area contributed by atoms with Crippen molar-refractivity contribution in [3.05, 3.63) is 36.0 Å². The molecule has 0 spiro atoms. The Morgan fingerprint density at radius 1 is 1.38 bits per heavy atom. The van der Waals surface area contributed by atoms with Crippen molar-refractivity contribution in [2.45, 2.75) is 18.9 Å². The van der Waals surface area contributed by atoms with Crippen molar-refractivity contribution in [3.63, 3.8) is 0 Å². The molecule has 16 heavy (non-hydrogen) atoms. The van der Waals surface area contributed by atoms with Crippen molar-refractivity contribution in [2.24, 2.45) is 0 Å². The molecule has 0 atom stereocenters. The summed E-state index contributed by atoms with van der Waals surface area (Å²) in [4.78, 5) is 17.2. The van der Waals surface area contributed by atoms with E-state index in [-0.39, 0.29) is 5.91 Å². The van der Waals surface area contributed by atoms with Gasteiger partial charge in [-0.15, -0.1) is 0 Å². The number of amides is 1. The van der Waals surface area contributed by atoms with E-state index in [4.69, 9.17) is 0 Å². The number of fused-ring (bicyclic) bond motifs is 1. The van der Waals surface area contributed by atoms with E-state index >= 15 is 0 Å². The molecule has 3 rings (SSSR count). The quantitative estimate of drug-likeness (QED) is 0.818. The number of hydrogen-bond donors (Lipinski definition) is 1. The number of nitrogens with zero attached hydrogens (tertiary/aromatic N) is 1. The van der Waals surface area contributed by atoms with Crippen molar-refractivity contribution in [3.8, 4) is 0 Å². The molecule has 1 aromatic heterocycles. The second kappa shape index (κ2) is 3.37. The lowest BCUT2D eigenvalue weighted by molar-refractivity contribution is 0.0787. The van der Waals surface area contributed by atoms with Crippen LogP contribution in [0.5, 0.6) is 0 Å². The van der Waals surface area contributed by atoms with Gasteiger partial charge in [0.1, 0.15) is 0 Å². The Morgan fingerprint density at radius 2 is 2.19 bits per heavy atom. The molecule has 1 aliphatic carbocycles. The Hall–Kier alpha value is -1.77. The van der Waals surface area contributed by atoms with Crippen molar-refractivity contribution in [1.29, 1.82) is 0 Å². The smallest absolute Gasteiger partial charge is 0.254 e. The normalized spacial score (nSPS) is 15.3. The molecule has 2 aromatic rings. The monoisotopic (exact) mass is 214 g/mol. The molecule has 1 fully saturated rings. The van der Waals surface area contributed by atoms with Gasteiger partial charge in [0.2, 0.25) is 0 Å². The second-order valence-electron chi connectivity index (χ2n) is 4.39. The highest BCUT2D eigenvalue weighted by atomic mass is 16.2. The van der Waals surface area contributed by atoms with Crippen LogP contribution >= 0.6 is 0 Å². The van der Waals surface area contributed by atoms with Gasteiger partial charge in [0.05, 0.1) is 0 Å². The average molecular weight is 214 g/mol. The van der Waals surface area contributed by atoms with Crippen LogP contribution in [-0.2, 0) is 0 Å². The molecular formula is C13H14N2O. The molecule has 0 radical (unpaired) electrons. The van der Waals surface area contributed by atoms with Crippen LogP contribution in [0.4, 0.5) is 0 Å². The van der Waals surface area contributed by atoms with Crippen LogP contribution in [0, 0.1) is 0 Å². The number of hydrogen-bond acceptors (Lipinski definition) is 1. The summed E-state index contributed by atoms with van der Waals surface area (Å²) in [6.45, 7) is 0. The zero-order valence-corrected chi connectivity index (χ0v) is 9.23. The Morgan fingerprint density at radius 3 is 2.94 bits per heavy atom. The maximum atomic E-state index is 12.3. The van der Waals surface area contributed by atoms with Crippen molar-refractivity contribution >= 4 is 16.8 Å². The molecule has 1 aliphatic rings. The topological polar surface area (TPSA) is 36.1 Å². The minimum atomic E-state index is 0.132. The molecule has 1 N–H and O–H groups in total. The standard InChI is InChI=1S/C13H14N2O/c1-15(9-5-6-9)13(16)11-3-2-4-12-10(11)7-8-14-12/h2-4,7-9,14H,5-6H2,1H3. The lowest BCUT2D eigenvalue weighted by Gasteiger charge is -2.16. The third-order valence-electron chi connectivity index (χ3n) is 3.24. The summed E-state index contributed by atoms with van der Waals surface area (Å²) in [7, 11) is 1.89. The zero-order valence-electron chi connectivity index (χ0n) is 9.23. The zero-order chi connectivity index (χ0) is 11.1. The van der Waals surface area contributed by atoms with E-state index in [9.17, 15) is 4.79 Å². The van der Waals surface area contributed by atoms with E-state index in [0.717, 1.165) is 29.3 Å². The van der Waals surface area contributed by atoms with Crippen LogP contribution in [0.2, 0.25) is 0 Å². The molecule has 0 aliphatic heterocycles. The van der Waals surface area contributed by atoms with Crippen LogP contribution in [-0.4, -0.2) is 28.9 Å². The minimum Gasteiger partial charge on any atom is -0.361 e. The summed E-state index contributed by atoms with van der Waals surface area (Å²) < 4.78 is 0. The number of carbonyl (C=O) groups is 1. The predicted molar refractivity (Wildman–Crippen MR) is 63.4 cm³/mol. The van der Waals surface area contributed by atoms with Gasteiger partial charge in [-0.2, -0.15) is 0 Å². The van der Waals surface area contributed by atoms with E-state index in [2.05, 4.69) is 4.98 Å². The maximum Gasteiger partial charge on any atom is 0.254 e. The third kappa shape index (κ3) is 1.40. The van der Waals surface area contributed by atoms with E-state index in [1.54, 1.807) is 0 Å². The first-order chi connectivity index (χ1) is 7.77. The third-order valence-corrected chi connectivity index (χ3v) is 3.24. The van der Waals surface area contributed by atoms with Crippen LogP contribution in [0.15, 0.2) is 30.5 Å². The molecule has 3 nitrogen and oxygen atoms in total. The second-order valence-corrected chi connectivity index (χ2v) is 4.39. The molecule has 0 saturated heterocycles. The molecule has 1 amide bonds. The largest absolute Gasteiger partial charge is 0.361 e. The Labute approximate surface area is 94.1 Å². The Bertz CT molecular complexity index is 540. The number of rotatable bonds is 2.